The number of rotatable bonds is 10. The normalized spacial score (nSPS) is 28.9. The van der Waals surface area contributed by atoms with Crippen LogP contribution in [0.25, 0.3) is 0 Å². The summed E-state index contributed by atoms with van der Waals surface area (Å²) in [4.78, 5) is 23.9. The highest BCUT2D eigenvalue weighted by Gasteiger charge is 2.54. The zero-order valence-electron chi connectivity index (χ0n) is 23.4. The first-order chi connectivity index (χ1) is 15.5. The van der Waals surface area contributed by atoms with Gasteiger partial charge in [-0.3, -0.25) is 9.59 Å². The SMILES string of the molecule is CC(=O)[C@H](C)C[C@H]1CC[C@@H]2O[C@@H](CCCOC(=O)C(C)(C)C)C[C@]2(CO[Si](C)(C)C(C)(C)C)O1. The molecule has 0 radical (unpaired) electrons. The second kappa shape index (κ2) is 11.1. The van der Waals surface area contributed by atoms with E-state index in [0.29, 0.717) is 13.2 Å². The van der Waals surface area contributed by atoms with Gasteiger partial charge in [-0.05, 0) is 77.9 Å². The molecule has 0 aliphatic carbocycles. The summed E-state index contributed by atoms with van der Waals surface area (Å²) < 4.78 is 25.4. The lowest BCUT2D eigenvalue weighted by Crippen LogP contribution is -2.55. The van der Waals surface area contributed by atoms with Gasteiger partial charge < -0.3 is 18.6 Å². The Balaban J connectivity index is 2.06. The molecule has 7 heteroatoms. The zero-order chi connectivity index (χ0) is 25.9. The molecule has 0 aromatic carbocycles. The molecule has 2 aliphatic rings. The minimum atomic E-state index is -1.96. The molecular weight excluding hydrogens is 448 g/mol. The molecule has 2 fully saturated rings. The van der Waals surface area contributed by atoms with Crippen molar-refractivity contribution in [2.75, 3.05) is 13.2 Å². The van der Waals surface area contributed by atoms with Gasteiger partial charge >= 0.3 is 5.97 Å². The number of carbonyl (C=O) groups excluding carboxylic acids is 2. The first-order valence-electron chi connectivity index (χ1n) is 13.1. The van der Waals surface area contributed by atoms with E-state index in [1.54, 1.807) is 6.92 Å². The number of ketones is 1. The summed E-state index contributed by atoms with van der Waals surface area (Å²) in [5.41, 5.74) is -0.953. The lowest BCUT2D eigenvalue weighted by molar-refractivity contribution is -0.184. The fourth-order valence-electron chi connectivity index (χ4n) is 4.40. The van der Waals surface area contributed by atoms with E-state index in [0.717, 1.165) is 38.5 Å². The van der Waals surface area contributed by atoms with E-state index in [9.17, 15) is 9.59 Å². The summed E-state index contributed by atoms with van der Waals surface area (Å²) in [5, 5.41) is 0.117. The molecule has 34 heavy (non-hydrogen) atoms. The van der Waals surface area contributed by atoms with Gasteiger partial charge in [-0.25, -0.2) is 0 Å². The minimum Gasteiger partial charge on any atom is -0.465 e. The maximum absolute atomic E-state index is 12.0. The lowest BCUT2D eigenvalue weighted by atomic mass is 9.84. The molecule has 2 saturated heterocycles. The van der Waals surface area contributed by atoms with Crippen LogP contribution in [-0.2, 0) is 28.2 Å². The third-order valence-corrected chi connectivity index (χ3v) is 12.5. The first-order valence-corrected chi connectivity index (χ1v) is 16.0. The number of esters is 1. The van der Waals surface area contributed by atoms with Crippen LogP contribution in [0.15, 0.2) is 0 Å². The van der Waals surface area contributed by atoms with Crippen LogP contribution in [0.4, 0.5) is 0 Å². The molecule has 0 unspecified atom stereocenters. The van der Waals surface area contributed by atoms with Crippen molar-refractivity contribution >= 4 is 20.1 Å². The Hall–Kier alpha value is -0.763. The monoisotopic (exact) mass is 498 g/mol. The van der Waals surface area contributed by atoms with Gasteiger partial charge in [-0.2, -0.15) is 0 Å². The van der Waals surface area contributed by atoms with Gasteiger partial charge in [0.05, 0.1) is 36.9 Å². The van der Waals surface area contributed by atoms with Crippen molar-refractivity contribution in [1.29, 1.82) is 0 Å². The highest BCUT2D eigenvalue weighted by molar-refractivity contribution is 6.74. The third kappa shape index (κ3) is 7.62. The van der Waals surface area contributed by atoms with Crippen LogP contribution in [0.5, 0.6) is 0 Å². The summed E-state index contributed by atoms with van der Waals surface area (Å²) in [6.07, 6.45) is 5.06. The number of hydrogen-bond donors (Lipinski definition) is 0. The third-order valence-electron chi connectivity index (χ3n) is 7.98. The van der Waals surface area contributed by atoms with Crippen LogP contribution < -0.4 is 0 Å². The summed E-state index contributed by atoms with van der Waals surface area (Å²) in [5.74, 6) is 0.0386. The average molecular weight is 499 g/mol. The molecular formula is C27H50O6Si. The predicted octanol–water partition coefficient (Wildman–Crippen LogP) is 6.07. The summed E-state index contributed by atoms with van der Waals surface area (Å²) in [6.45, 7) is 21.5. The molecule has 0 spiro atoms. The predicted molar refractivity (Wildman–Crippen MR) is 137 cm³/mol. The van der Waals surface area contributed by atoms with Gasteiger partial charge in [-0.1, -0.05) is 27.7 Å². The van der Waals surface area contributed by atoms with Gasteiger partial charge in [-0.15, -0.1) is 0 Å². The number of ether oxygens (including phenoxy) is 3. The second-order valence-corrected chi connectivity index (χ2v) is 18.0. The molecule has 0 aromatic heterocycles. The average Bonchev–Trinajstić information content (AvgIpc) is 3.06. The number of fused-ring (bicyclic) bond motifs is 1. The van der Waals surface area contributed by atoms with Crippen molar-refractivity contribution in [2.45, 2.75) is 136 Å². The van der Waals surface area contributed by atoms with Gasteiger partial charge in [0, 0.05) is 12.3 Å². The molecule has 0 bridgehead atoms. The van der Waals surface area contributed by atoms with Crippen LogP contribution in [-0.4, -0.2) is 57.2 Å². The van der Waals surface area contributed by atoms with Gasteiger partial charge in [0.2, 0.25) is 0 Å². The molecule has 6 nitrogen and oxygen atoms in total. The number of Topliss-reactive ketones (excluding diaryl/α,β-unsaturated/α-hetero) is 1. The van der Waals surface area contributed by atoms with Crippen molar-refractivity contribution in [1.82, 2.24) is 0 Å². The van der Waals surface area contributed by atoms with Crippen LogP contribution in [0.2, 0.25) is 18.1 Å². The fourth-order valence-corrected chi connectivity index (χ4v) is 5.44. The molecule has 0 aromatic rings. The Morgan fingerprint density at radius 1 is 1.09 bits per heavy atom. The zero-order valence-corrected chi connectivity index (χ0v) is 24.4. The molecule has 2 heterocycles. The van der Waals surface area contributed by atoms with Crippen molar-refractivity contribution in [3.05, 3.63) is 0 Å². The van der Waals surface area contributed by atoms with E-state index >= 15 is 0 Å². The van der Waals surface area contributed by atoms with Crippen LogP contribution in [0, 0.1) is 11.3 Å². The molecule has 0 N–H and O–H groups in total. The lowest BCUT2D eigenvalue weighted by Gasteiger charge is -2.45. The fraction of sp³-hybridized carbons (Fsp3) is 0.926. The van der Waals surface area contributed by atoms with E-state index in [1.165, 1.54) is 0 Å². The Morgan fingerprint density at radius 2 is 1.74 bits per heavy atom. The molecule has 0 amide bonds. The van der Waals surface area contributed by atoms with Gasteiger partial charge in [0.25, 0.3) is 0 Å². The molecule has 2 aliphatic heterocycles. The standard InChI is InChI=1S/C27H50O6Si/c1-19(20(2)28)16-21-13-14-23-27(33-21,18-31-34(9,10)26(6,7)8)17-22(32-23)12-11-15-30-24(29)25(3,4)5/h19,21-23H,11-18H2,1-10H3/t19-,21-,22+,23+,27-/m1/s1. The smallest absolute Gasteiger partial charge is 0.311 e. The number of hydrogen-bond acceptors (Lipinski definition) is 6. The van der Waals surface area contributed by atoms with E-state index in [2.05, 4.69) is 33.9 Å². The minimum absolute atomic E-state index is 0.00304. The van der Waals surface area contributed by atoms with E-state index < -0.39 is 19.3 Å². The highest BCUT2D eigenvalue weighted by Crippen LogP contribution is 2.46. The Kier molecular flexibility index (Phi) is 9.62. The second-order valence-electron chi connectivity index (χ2n) is 13.2. The molecule has 0 saturated carbocycles. The maximum atomic E-state index is 12.0. The van der Waals surface area contributed by atoms with E-state index in [1.807, 2.05) is 27.7 Å². The Morgan fingerprint density at radius 3 is 2.29 bits per heavy atom. The quantitative estimate of drug-likeness (QED) is 0.207. The first kappa shape index (κ1) is 29.5. The highest BCUT2D eigenvalue weighted by atomic mass is 28.4. The molecule has 2 rings (SSSR count). The summed E-state index contributed by atoms with van der Waals surface area (Å²) in [7, 11) is -1.96. The molecule has 198 valence electrons. The maximum Gasteiger partial charge on any atom is 0.311 e. The van der Waals surface area contributed by atoms with Crippen molar-refractivity contribution in [2.24, 2.45) is 11.3 Å². The van der Waals surface area contributed by atoms with Crippen molar-refractivity contribution < 1.29 is 28.2 Å². The van der Waals surface area contributed by atoms with E-state index in [4.69, 9.17) is 18.6 Å². The van der Waals surface area contributed by atoms with Crippen LogP contribution in [0.3, 0.4) is 0 Å². The molecule has 5 atom stereocenters. The van der Waals surface area contributed by atoms with Crippen LogP contribution in [0.1, 0.15) is 93.9 Å². The Labute approximate surface area is 208 Å². The van der Waals surface area contributed by atoms with Gasteiger partial charge in [0.1, 0.15) is 11.4 Å². The summed E-state index contributed by atoms with van der Waals surface area (Å²) >= 11 is 0. The Bertz CT molecular complexity index is 707. The van der Waals surface area contributed by atoms with Crippen LogP contribution >= 0.6 is 0 Å². The van der Waals surface area contributed by atoms with E-state index in [-0.39, 0.29) is 41.0 Å². The van der Waals surface area contributed by atoms with Crippen molar-refractivity contribution in [3.63, 3.8) is 0 Å². The van der Waals surface area contributed by atoms with Crippen molar-refractivity contribution in [3.8, 4) is 0 Å². The number of carbonyl (C=O) groups is 2. The topological polar surface area (TPSA) is 71.1 Å². The van der Waals surface area contributed by atoms with Gasteiger partial charge in [0.15, 0.2) is 8.32 Å². The largest absolute Gasteiger partial charge is 0.465 e. The summed E-state index contributed by atoms with van der Waals surface area (Å²) in [6, 6.07) is 0.